The van der Waals surface area contributed by atoms with Crippen molar-refractivity contribution in [2.75, 3.05) is 0 Å². The van der Waals surface area contributed by atoms with E-state index in [1.807, 2.05) is 37.4 Å². The summed E-state index contributed by atoms with van der Waals surface area (Å²) >= 11 is 0. The number of hydrogen-bond donors (Lipinski definition) is 0. The molecular formula is C15H12N4. The van der Waals surface area contributed by atoms with Gasteiger partial charge in [0.15, 0.2) is 0 Å². The summed E-state index contributed by atoms with van der Waals surface area (Å²) in [6, 6.07) is 12.0. The summed E-state index contributed by atoms with van der Waals surface area (Å²) in [5, 5.41) is 8.75. The number of imidazole rings is 1. The number of nitriles is 1. The van der Waals surface area contributed by atoms with Crippen LogP contribution in [0, 0.1) is 11.3 Å². The van der Waals surface area contributed by atoms with Crippen LogP contribution >= 0.6 is 0 Å². The Morgan fingerprint density at radius 2 is 2.00 bits per heavy atom. The smallest absolute Gasteiger partial charge is 0.140 e. The van der Waals surface area contributed by atoms with Gasteiger partial charge in [0, 0.05) is 25.0 Å². The molecule has 3 rings (SSSR count). The quantitative estimate of drug-likeness (QED) is 0.700. The van der Waals surface area contributed by atoms with Gasteiger partial charge in [-0.2, -0.15) is 5.26 Å². The molecule has 0 saturated heterocycles. The first-order chi connectivity index (χ1) is 9.29. The number of nitrogens with zero attached hydrogens (tertiary/aromatic N) is 4. The predicted molar refractivity (Wildman–Crippen MR) is 73.3 cm³/mol. The van der Waals surface area contributed by atoms with Crippen LogP contribution < -0.4 is 0 Å². The van der Waals surface area contributed by atoms with E-state index in [0.29, 0.717) is 6.42 Å². The number of benzene rings is 1. The molecule has 0 N–H and O–H groups in total. The Morgan fingerprint density at radius 1 is 1.21 bits per heavy atom. The minimum Gasteiger partial charge on any atom is -0.327 e. The van der Waals surface area contributed by atoms with Crippen LogP contribution in [-0.2, 0) is 13.5 Å². The summed E-state index contributed by atoms with van der Waals surface area (Å²) in [6.07, 6.45) is 3.93. The maximum Gasteiger partial charge on any atom is 0.140 e. The van der Waals surface area contributed by atoms with E-state index in [9.17, 15) is 0 Å². The summed E-state index contributed by atoms with van der Waals surface area (Å²) in [4.78, 5) is 8.67. The summed E-state index contributed by atoms with van der Waals surface area (Å²) in [6.45, 7) is 0. The van der Waals surface area contributed by atoms with Crippen molar-refractivity contribution in [1.29, 1.82) is 5.26 Å². The second-order valence-corrected chi connectivity index (χ2v) is 4.39. The minimum atomic E-state index is 0.414. The highest BCUT2D eigenvalue weighted by atomic mass is 15.1. The molecule has 4 nitrogen and oxygen atoms in total. The third kappa shape index (κ3) is 1.95. The average Bonchev–Trinajstić information content (AvgIpc) is 2.77. The number of aryl methyl sites for hydroxylation is 1. The van der Waals surface area contributed by atoms with Crippen molar-refractivity contribution >= 4 is 11.0 Å². The Balaban J connectivity index is 2.18. The van der Waals surface area contributed by atoms with Crippen LogP contribution in [0.4, 0.5) is 0 Å². The van der Waals surface area contributed by atoms with Crippen molar-refractivity contribution < 1.29 is 0 Å². The summed E-state index contributed by atoms with van der Waals surface area (Å²) in [5.74, 6) is 0.909. The van der Waals surface area contributed by atoms with Gasteiger partial charge in [-0.1, -0.05) is 6.07 Å². The van der Waals surface area contributed by atoms with E-state index in [4.69, 9.17) is 5.26 Å². The number of rotatable bonds is 2. The van der Waals surface area contributed by atoms with E-state index in [1.165, 1.54) is 0 Å². The van der Waals surface area contributed by atoms with Gasteiger partial charge in [-0.25, -0.2) is 4.98 Å². The molecule has 0 bridgehead atoms. The SMILES string of the molecule is Cn1c(-c2ccncc2)nc2cc(CC#N)ccc21. The van der Waals surface area contributed by atoms with Crippen molar-refractivity contribution in [2.24, 2.45) is 7.05 Å². The molecule has 0 aliphatic heterocycles. The van der Waals surface area contributed by atoms with Crippen LogP contribution in [0.2, 0.25) is 0 Å². The van der Waals surface area contributed by atoms with E-state index in [2.05, 4.69) is 20.6 Å². The van der Waals surface area contributed by atoms with E-state index < -0.39 is 0 Å². The average molecular weight is 248 g/mol. The highest BCUT2D eigenvalue weighted by Crippen LogP contribution is 2.23. The topological polar surface area (TPSA) is 54.5 Å². The van der Waals surface area contributed by atoms with E-state index in [0.717, 1.165) is 28.0 Å². The molecule has 19 heavy (non-hydrogen) atoms. The van der Waals surface area contributed by atoms with Crippen LogP contribution in [0.5, 0.6) is 0 Å². The molecular weight excluding hydrogens is 236 g/mol. The van der Waals surface area contributed by atoms with Crippen molar-refractivity contribution in [3.63, 3.8) is 0 Å². The third-order valence-electron chi connectivity index (χ3n) is 3.17. The van der Waals surface area contributed by atoms with Crippen LogP contribution in [0.25, 0.3) is 22.4 Å². The van der Waals surface area contributed by atoms with Gasteiger partial charge in [-0.3, -0.25) is 4.98 Å². The first-order valence-corrected chi connectivity index (χ1v) is 6.02. The fraction of sp³-hybridized carbons (Fsp3) is 0.133. The molecule has 0 saturated carbocycles. The lowest BCUT2D eigenvalue weighted by Crippen LogP contribution is -1.92. The first kappa shape index (κ1) is 11.4. The molecule has 3 aromatic rings. The maximum absolute atomic E-state index is 8.75. The molecule has 1 aromatic carbocycles. The van der Waals surface area contributed by atoms with E-state index >= 15 is 0 Å². The highest BCUT2D eigenvalue weighted by molar-refractivity contribution is 5.81. The molecule has 0 atom stereocenters. The van der Waals surface area contributed by atoms with Crippen molar-refractivity contribution in [3.05, 3.63) is 48.3 Å². The zero-order chi connectivity index (χ0) is 13.2. The molecule has 0 unspecified atom stereocenters. The van der Waals surface area contributed by atoms with Gasteiger partial charge in [-0.15, -0.1) is 0 Å². The molecule has 0 radical (unpaired) electrons. The predicted octanol–water partition coefficient (Wildman–Crippen LogP) is 2.70. The second kappa shape index (κ2) is 4.54. The highest BCUT2D eigenvalue weighted by Gasteiger charge is 2.09. The summed E-state index contributed by atoms with van der Waals surface area (Å²) < 4.78 is 2.06. The molecule has 0 spiro atoms. The van der Waals surface area contributed by atoms with Crippen LogP contribution in [-0.4, -0.2) is 14.5 Å². The molecule has 92 valence electrons. The lowest BCUT2D eigenvalue weighted by atomic mass is 10.1. The van der Waals surface area contributed by atoms with Crippen LogP contribution in [0.3, 0.4) is 0 Å². The molecule has 0 amide bonds. The Hall–Kier alpha value is -2.67. The lowest BCUT2D eigenvalue weighted by Gasteiger charge is -2.01. The Bertz CT molecular complexity index is 766. The molecule has 2 aromatic heterocycles. The van der Waals surface area contributed by atoms with Gasteiger partial charge < -0.3 is 4.57 Å². The summed E-state index contributed by atoms with van der Waals surface area (Å²) in [5.41, 5.74) is 4.01. The Kier molecular flexibility index (Phi) is 2.73. The Labute approximate surface area is 111 Å². The van der Waals surface area contributed by atoms with Crippen LogP contribution in [0.1, 0.15) is 5.56 Å². The number of hydrogen-bond acceptors (Lipinski definition) is 3. The zero-order valence-electron chi connectivity index (χ0n) is 10.5. The fourth-order valence-electron chi connectivity index (χ4n) is 2.21. The van der Waals surface area contributed by atoms with E-state index in [-0.39, 0.29) is 0 Å². The van der Waals surface area contributed by atoms with Gasteiger partial charge in [-0.05, 0) is 29.8 Å². The monoisotopic (exact) mass is 248 g/mol. The van der Waals surface area contributed by atoms with Gasteiger partial charge in [0.1, 0.15) is 5.82 Å². The third-order valence-corrected chi connectivity index (χ3v) is 3.17. The number of pyridine rings is 1. The van der Waals surface area contributed by atoms with Gasteiger partial charge in [0.05, 0.1) is 23.5 Å². The van der Waals surface area contributed by atoms with Crippen molar-refractivity contribution in [2.45, 2.75) is 6.42 Å². The standard InChI is InChI=1S/C15H12N4/c1-19-14-3-2-11(4-7-16)10-13(14)18-15(19)12-5-8-17-9-6-12/h2-3,5-6,8-10H,4H2,1H3. The molecule has 2 heterocycles. The fourth-order valence-corrected chi connectivity index (χ4v) is 2.21. The molecule has 0 aliphatic rings. The molecule has 0 aliphatic carbocycles. The van der Waals surface area contributed by atoms with Crippen LogP contribution in [0.15, 0.2) is 42.7 Å². The Morgan fingerprint density at radius 3 is 2.74 bits per heavy atom. The zero-order valence-corrected chi connectivity index (χ0v) is 10.5. The van der Waals surface area contributed by atoms with E-state index in [1.54, 1.807) is 12.4 Å². The minimum absolute atomic E-state index is 0.414. The second-order valence-electron chi connectivity index (χ2n) is 4.39. The number of aromatic nitrogens is 3. The maximum atomic E-state index is 8.75. The first-order valence-electron chi connectivity index (χ1n) is 6.02. The van der Waals surface area contributed by atoms with Crippen molar-refractivity contribution in [1.82, 2.24) is 14.5 Å². The van der Waals surface area contributed by atoms with Gasteiger partial charge in [0.2, 0.25) is 0 Å². The van der Waals surface area contributed by atoms with Crippen molar-refractivity contribution in [3.8, 4) is 17.5 Å². The molecule has 4 heteroatoms. The summed E-state index contributed by atoms with van der Waals surface area (Å²) in [7, 11) is 2.00. The molecule has 0 fully saturated rings. The normalized spacial score (nSPS) is 10.5. The lowest BCUT2D eigenvalue weighted by molar-refractivity contribution is 0.958. The largest absolute Gasteiger partial charge is 0.327 e. The van der Waals surface area contributed by atoms with Gasteiger partial charge >= 0.3 is 0 Å². The number of fused-ring (bicyclic) bond motifs is 1. The van der Waals surface area contributed by atoms with Gasteiger partial charge in [0.25, 0.3) is 0 Å².